The lowest BCUT2D eigenvalue weighted by Crippen LogP contribution is -2.45. The molecule has 0 aliphatic carbocycles. The minimum atomic E-state index is 0.0905. The van der Waals surface area contributed by atoms with Crippen molar-refractivity contribution in [2.24, 2.45) is 5.92 Å². The van der Waals surface area contributed by atoms with Crippen LogP contribution in [0.1, 0.15) is 33.6 Å². The minimum absolute atomic E-state index is 0.0905. The van der Waals surface area contributed by atoms with E-state index in [1.807, 2.05) is 6.92 Å². The van der Waals surface area contributed by atoms with Crippen molar-refractivity contribution >= 4 is 5.91 Å². The zero-order valence-electron chi connectivity index (χ0n) is 10.6. The fourth-order valence-electron chi connectivity index (χ4n) is 1.61. The normalized spacial score (nSPS) is 19.8. The third-order valence-corrected chi connectivity index (χ3v) is 3.16. The number of nitrogens with one attached hydrogen (secondary N) is 2. The van der Waals surface area contributed by atoms with E-state index in [9.17, 15) is 4.79 Å². The van der Waals surface area contributed by atoms with E-state index in [1.165, 1.54) is 0 Å². The van der Waals surface area contributed by atoms with Gasteiger partial charge in [-0.1, -0.05) is 13.8 Å². The highest BCUT2D eigenvalue weighted by Crippen LogP contribution is 2.05. The molecule has 1 fully saturated rings. The Morgan fingerprint density at radius 3 is 2.50 bits per heavy atom. The Kier molecular flexibility index (Phi) is 5.77. The second kappa shape index (κ2) is 6.86. The average Bonchev–Trinajstić information content (AvgIpc) is 2.27. The molecule has 1 heterocycles. The molecule has 0 saturated carbocycles. The summed E-state index contributed by atoms with van der Waals surface area (Å²) < 4.78 is 5.26. The van der Waals surface area contributed by atoms with Crippen molar-refractivity contribution in [3.05, 3.63) is 0 Å². The molecule has 1 atom stereocenters. The molecule has 0 aromatic rings. The Labute approximate surface area is 98.1 Å². The zero-order valence-corrected chi connectivity index (χ0v) is 10.6. The van der Waals surface area contributed by atoms with Crippen LogP contribution in [0, 0.1) is 5.92 Å². The van der Waals surface area contributed by atoms with Gasteiger partial charge in [0, 0.05) is 25.3 Å². The predicted octanol–water partition coefficient (Wildman–Crippen LogP) is 0.916. The quantitative estimate of drug-likeness (QED) is 0.735. The summed E-state index contributed by atoms with van der Waals surface area (Å²) in [4.78, 5) is 11.6. The third kappa shape index (κ3) is 4.94. The van der Waals surface area contributed by atoms with Gasteiger partial charge in [0.1, 0.15) is 0 Å². The molecule has 2 N–H and O–H groups in total. The van der Waals surface area contributed by atoms with Gasteiger partial charge in [-0.2, -0.15) is 0 Å². The Morgan fingerprint density at radius 2 is 1.94 bits per heavy atom. The number of hydrogen-bond acceptors (Lipinski definition) is 3. The van der Waals surface area contributed by atoms with Gasteiger partial charge < -0.3 is 15.4 Å². The highest BCUT2D eigenvalue weighted by atomic mass is 16.5. The summed E-state index contributed by atoms with van der Waals surface area (Å²) in [6.07, 6.45) is 2.01. The first kappa shape index (κ1) is 13.5. The van der Waals surface area contributed by atoms with Gasteiger partial charge >= 0.3 is 0 Å². The summed E-state index contributed by atoms with van der Waals surface area (Å²) >= 11 is 0. The molecule has 1 saturated heterocycles. The van der Waals surface area contributed by atoms with Gasteiger partial charge in [0.2, 0.25) is 5.91 Å². The molecule has 1 amide bonds. The molecule has 94 valence electrons. The number of carbonyl (C=O) groups excluding carboxylic acids is 1. The summed E-state index contributed by atoms with van der Waals surface area (Å²) in [6, 6.07) is 0.679. The van der Waals surface area contributed by atoms with Crippen LogP contribution in [0.5, 0.6) is 0 Å². The van der Waals surface area contributed by atoms with Crippen LogP contribution in [0.3, 0.4) is 0 Å². The first-order valence-corrected chi connectivity index (χ1v) is 6.20. The minimum Gasteiger partial charge on any atom is -0.381 e. The summed E-state index contributed by atoms with van der Waals surface area (Å²) in [5.41, 5.74) is 0. The highest BCUT2D eigenvalue weighted by molar-refractivity contribution is 5.78. The molecule has 1 unspecified atom stereocenters. The SMILES string of the molecule is CC(C)C(C)NC(=O)CNC1CCOCC1. The van der Waals surface area contributed by atoms with E-state index >= 15 is 0 Å². The standard InChI is InChI=1S/C12H24N2O2/c1-9(2)10(3)14-12(15)8-13-11-4-6-16-7-5-11/h9-11,13H,4-8H2,1-3H3,(H,14,15). The van der Waals surface area contributed by atoms with Gasteiger partial charge in [0.25, 0.3) is 0 Å². The maximum Gasteiger partial charge on any atom is 0.234 e. The highest BCUT2D eigenvalue weighted by Gasteiger charge is 2.15. The number of hydrogen-bond donors (Lipinski definition) is 2. The second-order valence-corrected chi connectivity index (χ2v) is 4.87. The van der Waals surface area contributed by atoms with E-state index in [-0.39, 0.29) is 11.9 Å². The van der Waals surface area contributed by atoms with E-state index in [1.54, 1.807) is 0 Å². The molecule has 4 nitrogen and oxygen atoms in total. The Hall–Kier alpha value is -0.610. The van der Waals surface area contributed by atoms with Crippen LogP contribution in [-0.4, -0.2) is 37.7 Å². The van der Waals surface area contributed by atoms with Crippen molar-refractivity contribution in [3.8, 4) is 0 Å². The molecule has 4 heteroatoms. The molecule has 1 rings (SSSR count). The third-order valence-electron chi connectivity index (χ3n) is 3.16. The summed E-state index contributed by atoms with van der Waals surface area (Å²) in [5, 5.41) is 6.26. The van der Waals surface area contributed by atoms with Crippen LogP contribution in [-0.2, 0) is 9.53 Å². The van der Waals surface area contributed by atoms with Crippen LogP contribution in [0.4, 0.5) is 0 Å². The molecule has 0 aromatic heterocycles. The van der Waals surface area contributed by atoms with Gasteiger partial charge in [-0.3, -0.25) is 4.79 Å². The van der Waals surface area contributed by atoms with Gasteiger partial charge in [-0.15, -0.1) is 0 Å². The van der Waals surface area contributed by atoms with E-state index in [2.05, 4.69) is 24.5 Å². The van der Waals surface area contributed by atoms with Crippen molar-refractivity contribution in [3.63, 3.8) is 0 Å². The topological polar surface area (TPSA) is 50.4 Å². The Morgan fingerprint density at radius 1 is 1.31 bits per heavy atom. The van der Waals surface area contributed by atoms with Gasteiger partial charge in [-0.05, 0) is 25.7 Å². The van der Waals surface area contributed by atoms with Crippen LogP contribution in [0.2, 0.25) is 0 Å². The number of rotatable bonds is 5. The molecule has 1 aliphatic heterocycles. The average molecular weight is 228 g/mol. The lowest BCUT2D eigenvalue weighted by atomic mass is 10.1. The lowest BCUT2D eigenvalue weighted by molar-refractivity contribution is -0.121. The lowest BCUT2D eigenvalue weighted by Gasteiger charge is -2.24. The number of amides is 1. The Bertz CT molecular complexity index is 213. The monoisotopic (exact) mass is 228 g/mol. The van der Waals surface area contributed by atoms with Crippen LogP contribution >= 0.6 is 0 Å². The molecule has 0 bridgehead atoms. The smallest absolute Gasteiger partial charge is 0.234 e. The maximum atomic E-state index is 11.6. The van der Waals surface area contributed by atoms with Gasteiger partial charge in [0.15, 0.2) is 0 Å². The number of carbonyl (C=O) groups is 1. The van der Waals surface area contributed by atoms with Crippen molar-refractivity contribution in [2.75, 3.05) is 19.8 Å². The van der Waals surface area contributed by atoms with E-state index in [0.717, 1.165) is 26.1 Å². The molecule has 16 heavy (non-hydrogen) atoms. The van der Waals surface area contributed by atoms with Crippen molar-refractivity contribution < 1.29 is 9.53 Å². The largest absolute Gasteiger partial charge is 0.381 e. The van der Waals surface area contributed by atoms with Gasteiger partial charge in [-0.25, -0.2) is 0 Å². The maximum absolute atomic E-state index is 11.6. The van der Waals surface area contributed by atoms with Gasteiger partial charge in [0.05, 0.1) is 6.54 Å². The molecule has 0 spiro atoms. The van der Waals surface area contributed by atoms with Crippen molar-refractivity contribution in [1.29, 1.82) is 0 Å². The molecule has 0 radical (unpaired) electrons. The summed E-state index contributed by atoms with van der Waals surface area (Å²) in [6.45, 7) is 8.29. The van der Waals surface area contributed by atoms with Crippen LogP contribution in [0.25, 0.3) is 0 Å². The molecule has 0 aromatic carbocycles. The van der Waals surface area contributed by atoms with E-state index < -0.39 is 0 Å². The zero-order chi connectivity index (χ0) is 12.0. The fourth-order valence-corrected chi connectivity index (χ4v) is 1.61. The van der Waals surface area contributed by atoms with Crippen LogP contribution < -0.4 is 10.6 Å². The van der Waals surface area contributed by atoms with Crippen molar-refractivity contribution in [2.45, 2.75) is 45.7 Å². The predicted molar refractivity (Wildman–Crippen MR) is 64.3 cm³/mol. The molecular formula is C12H24N2O2. The van der Waals surface area contributed by atoms with E-state index in [0.29, 0.717) is 18.5 Å². The van der Waals surface area contributed by atoms with Crippen LogP contribution in [0.15, 0.2) is 0 Å². The number of ether oxygens (including phenoxy) is 1. The Balaban J connectivity index is 2.14. The van der Waals surface area contributed by atoms with E-state index in [4.69, 9.17) is 4.74 Å². The molecular weight excluding hydrogens is 204 g/mol. The first-order valence-electron chi connectivity index (χ1n) is 6.20. The summed E-state index contributed by atoms with van der Waals surface area (Å²) in [5.74, 6) is 0.569. The fraction of sp³-hybridized carbons (Fsp3) is 0.917. The second-order valence-electron chi connectivity index (χ2n) is 4.87. The first-order chi connectivity index (χ1) is 7.59. The van der Waals surface area contributed by atoms with Crippen molar-refractivity contribution in [1.82, 2.24) is 10.6 Å². The summed E-state index contributed by atoms with van der Waals surface area (Å²) in [7, 11) is 0. The molecule has 1 aliphatic rings.